The molecule has 1 amide bonds. The average molecular weight is 409 g/mol. The van der Waals surface area contributed by atoms with Crippen LogP contribution in [0.5, 0.6) is 0 Å². The van der Waals surface area contributed by atoms with Gasteiger partial charge in [-0.2, -0.15) is 0 Å². The van der Waals surface area contributed by atoms with Crippen molar-refractivity contribution in [2.75, 3.05) is 10.6 Å². The molecule has 1 aliphatic rings. The van der Waals surface area contributed by atoms with Crippen LogP contribution in [-0.4, -0.2) is 30.3 Å². The van der Waals surface area contributed by atoms with Gasteiger partial charge in [-0.25, -0.2) is 8.42 Å². The number of carbonyl (C=O) groups excluding carboxylic acids is 1. The van der Waals surface area contributed by atoms with E-state index >= 15 is 0 Å². The van der Waals surface area contributed by atoms with Gasteiger partial charge in [0.15, 0.2) is 0 Å². The number of aryl methyl sites for hydroxylation is 2. The average Bonchev–Trinajstić information content (AvgIpc) is 2.58. The fraction of sp³-hybridized carbons (Fsp3) is 0.222. The second-order valence-electron chi connectivity index (χ2n) is 6.39. The number of anilines is 2. The number of carboxylic acids is 1. The maximum Gasteiger partial charge on any atom is 0.307 e. The zero-order valence-electron chi connectivity index (χ0n) is 14.5. The summed E-state index contributed by atoms with van der Waals surface area (Å²) >= 11 is 6.05. The van der Waals surface area contributed by atoms with Crippen LogP contribution in [0, 0.1) is 13.8 Å². The van der Waals surface area contributed by atoms with Crippen LogP contribution in [0.15, 0.2) is 41.3 Å². The third kappa shape index (κ3) is 3.04. The Bertz CT molecular complexity index is 1070. The van der Waals surface area contributed by atoms with Crippen molar-refractivity contribution in [1.82, 2.24) is 0 Å². The minimum Gasteiger partial charge on any atom is -0.481 e. The lowest BCUT2D eigenvalue weighted by Gasteiger charge is -2.37. The van der Waals surface area contributed by atoms with Gasteiger partial charge in [-0.3, -0.25) is 9.59 Å². The summed E-state index contributed by atoms with van der Waals surface area (Å²) in [6, 6.07) is 9.32. The summed E-state index contributed by atoms with van der Waals surface area (Å²) in [5.74, 6) is -2.38. The predicted molar refractivity (Wildman–Crippen MR) is 102 cm³/mol. The number of nitrogens with one attached hydrogen (secondary N) is 2. The van der Waals surface area contributed by atoms with Crippen LogP contribution in [0.1, 0.15) is 17.5 Å². The molecule has 142 valence electrons. The lowest BCUT2D eigenvalue weighted by molar-refractivity contribution is -0.139. The summed E-state index contributed by atoms with van der Waals surface area (Å²) in [4.78, 5) is 21.8. The minimum atomic E-state index is -4.44. The quantitative estimate of drug-likeness (QED) is 0.716. The highest BCUT2D eigenvalue weighted by Crippen LogP contribution is 2.40. The zero-order chi connectivity index (χ0) is 20.0. The molecule has 0 bridgehead atoms. The van der Waals surface area contributed by atoms with E-state index in [4.69, 9.17) is 11.6 Å². The first-order valence-corrected chi connectivity index (χ1v) is 9.86. The Morgan fingerprint density at radius 1 is 1.15 bits per heavy atom. The third-order valence-electron chi connectivity index (χ3n) is 4.48. The number of halogens is 1. The van der Waals surface area contributed by atoms with E-state index < -0.39 is 33.0 Å². The molecule has 0 aliphatic carbocycles. The molecule has 2 aromatic carbocycles. The summed E-state index contributed by atoms with van der Waals surface area (Å²) in [6.07, 6.45) is -0.948. The highest BCUT2D eigenvalue weighted by atomic mass is 35.5. The first-order chi connectivity index (χ1) is 12.6. The molecule has 1 unspecified atom stereocenters. The Labute approximate surface area is 161 Å². The van der Waals surface area contributed by atoms with E-state index in [0.29, 0.717) is 27.5 Å². The number of benzene rings is 2. The van der Waals surface area contributed by atoms with Gasteiger partial charge in [0.25, 0.3) is 5.91 Å². The van der Waals surface area contributed by atoms with Crippen LogP contribution in [0.4, 0.5) is 11.4 Å². The predicted octanol–water partition coefficient (Wildman–Crippen LogP) is 2.97. The molecular formula is C18H17ClN2O5S. The van der Waals surface area contributed by atoms with E-state index in [0.717, 1.165) is 0 Å². The maximum absolute atomic E-state index is 13.5. The summed E-state index contributed by atoms with van der Waals surface area (Å²) in [5, 5.41) is 14.9. The summed E-state index contributed by atoms with van der Waals surface area (Å²) in [6.45, 7) is 3.18. The van der Waals surface area contributed by atoms with Crippen molar-refractivity contribution in [2.45, 2.75) is 30.0 Å². The van der Waals surface area contributed by atoms with Gasteiger partial charge in [0, 0.05) is 5.02 Å². The van der Waals surface area contributed by atoms with Gasteiger partial charge < -0.3 is 15.7 Å². The molecule has 3 N–H and O–H groups in total. The maximum atomic E-state index is 13.5. The number of carboxylic acid groups (broad SMARTS) is 1. The number of rotatable bonds is 4. The topological polar surface area (TPSA) is 113 Å². The molecule has 27 heavy (non-hydrogen) atoms. The van der Waals surface area contributed by atoms with Gasteiger partial charge in [0.05, 0.1) is 22.7 Å². The Morgan fingerprint density at radius 3 is 2.41 bits per heavy atom. The third-order valence-corrected chi connectivity index (χ3v) is 7.26. The number of hydrogen-bond acceptors (Lipinski definition) is 5. The largest absolute Gasteiger partial charge is 0.481 e. The van der Waals surface area contributed by atoms with Crippen LogP contribution < -0.4 is 10.6 Å². The number of hydrogen-bond donors (Lipinski definition) is 3. The van der Waals surface area contributed by atoms with Crippen molar-refractivity contribution >= 4 is 44.7 Å². The van der Waals surface area contributed by atoms with Crippen molar-refractivity contribution in [3.8, 4) is 0 Å². The molecule has 0 saturated carbocycles. The Kier molecular flexibility index (Phi) is 4.65. The molecule has 0 radical (unpaired) electrons. The van der Waals surface area contributed by atoms with Gasteiger partial charge in [-0.15, -0.1) is 0 Å². The van der Waals surface area contributed by atoms with E-state index in [1.165, 1.54) is 12.1 Å². The molecular weight excluding hydrogens is 392 g/mol. The van der Waals surface area contributed by atoms with Gasteiger partial charge in [0.2, 0.25) is 14.7 Å². The summed E-state index contributed by atoms with van der Waals surface area (Å²) in [7, 11) is -4.44. The van der Waals surface area contributed by atoms with E-state index in [2.05, 4.69) is 10.6 Å². The van der Waals surface area contributed by atoms with Crippen molar-refractivity contribution in [1.29, 1.82) is 0 Å². The van der Waals surface area contributed by atoms with Gasteiger partial charge in [-0.05, 0) is 49.2 Å². The molecule has 0 saturated heterocycles. The van der Waals surface area contributed by atoms with E-state index in [-0.39, 0.29) is 4.90 Å². The molecule has 0 aromatic heterocycles. The number of fused-ring (bicyclic) bond motifs is 1. The monoisotopic (exact) mass is 408 g/mol. The number of para-hydroxylation sites is 2. The SMILES string of the molecule is Cc1cc(S(=O)(=O)C2(CC(=O)O)Nc3ccccc3NC2=O)c(C)cc1Cl. The molecule has 2 aromatic rings. The van der Waals surface area contributed by atoms with E-state index in [1.54, 1.807) is 38.1 Å². The highest BCUT2D eigenvalue weighted by molar-refractivity contribution is 7.93. The number of amides is 1. The number of sulfone groups is 1. The molecule has 7 nitrogen and oxygen atoms in total. The Morgan fingerprint density at radius 2 is 1.78 bits per heavy atom. The smallest absolute Gasteiger partial charge is 0.307 e. The summed E-state index contributed by atoms with van der Waals surface area (Å²) < 4.78 is 27.0. The van der Waals surface area contributed by atoms with Gasteiger partial charge >= 0.3 is 5.97 Å². The van der Waals surface area contributed by atoms with Gasteiger partial charge in [0.1, 0.15) is 0 Å². The van der Waals surface area contributed by atoms with Crippen LogP contribution in [-0.2, 0) is 19.4 Å². The van der Waals surface area contributed by atoms with Crippen LogP contribution in [0.25, 0.3) is 0 Å². The fourth-order valence-corrected chi connectivity index (χ4v) is 5.31. The van der Waals surface area contributed by atoms with Crippen LogP contribution in [0.2, 0.25) is 5.02 Å². The molecule has 9 heteroatoms. The second-order valence-corrected chi connectivity index (χ2v) is 8.94. The van der Waals surface area contributed by atoms with Gasteiger partial charge in [-0.1, -0.05) is 23.7 Å². The van der Waals surface area contributed by atoms with E-state index in [9.17, 15) is 23.1 Å². The minimum absolute atomic E-state index is 0.146. The molecule has 3 rings (SSSR count). The molecule has 1 aliphatic heterocycles. The Hall–Kier alpha value is -2.58. The van der Waals surface area contributed by atoms with Crippen molar-refractivity contribution < 1.29 is 23.1 Å². The fourth-order valence-electron chi connectivity index (χ4n) is 3.05. The standard InChI is InChI=1S/C18H17ClN2O5S/c1-10-8-15(11(2)7-12(10)19)27(25,26)18(9-16(22)23)17(24)20-13-5-3-4-6-14(13)21-18/h3-8,21H,9H2,1-2H3,(H,20,24)(H,22,23). The first kappa shape index (κ1) is 19.2. The van der Waals surface area contributed by atoms with Crippen LogP contribution >= 0.6 is 11.6 Å². The lowest BCUT2D eigenvalue weighted by Crippen LogP contribution is -2.59. The first-order valence-electron chi connectivity index (χ1n) is 8.00. The molecule has 0 fully saturated rings. The number of aliphatic carboxylic acids is 1. The van der Waals surface area contributed by atoms with Crippen molar-refractivity contribution in [2.24, 2.45) is 0 Å². The van der Waals surface area contributed by atoms with Crippen molar-refractivity contribution in [3.63, 3.8) is 0 Å². The lowest BCUT2D eigenvalue weighted by atomic mass is 10.1. The molecule has 1 atom stereocenters. The Balaban J connectivity index is 2.26. The van der Waals surface area contributed by atoms with Crippen LogP contribution in [0.3, 0.4) is 0 Å². The zero-order valence-corrected chi connectivity index (χ0v) is 16.1. The number of carbonyl (C=O) groups is 2. The molecule has 0 spiro atoms. The molecule has 1 heterocycles. The normalized spacial score (nSPS) is 19.0. The highest BCUT2D eigenvalue weighted by Gasteiger charge is 2.55. The summed E-state index contributed by atoms with van der Waals surface area (Å²) in [5.41, 5.74) is 1.53. The van der Waals surface area contributed by atoms with Crippen molar-refractivity contribution in [3.05, 3.63) is 52.5 Å². The second kappa shape index (κ2) is 6.54. The van der Waals surface area contributed by atoms with E-state index in [1.807, 2.05) is 0 Å².